The van der Waals surface area contributed by atoms with E-state index in [9.17, 15) is 4.79 Å². The van der Waals surface area contributed by atoms with Crippen molar-refractivity contribution in [2.24, 2.45) is 0 Å². The highest BCUT2D eigenvalue weighted by Gasteiger charge is 2.43. The lowest BCUT2D eigenvalue weighted by Gasteiger charge is -2.23. The highest BCUT2D eigenvalue weighted by Crippen LogP contribution is 2.46. The van der Waals surface area contributed by atoms with Crippen molar-refractivity contribution in [3.63, 3.8) is 0 Å². The van der Waals surface area contributed by atoms with E-state index >= 15 is 0 Å². The first-order valence-corrected chi connectivity index (χ1v) is 6.88. The first-order valence-electron chi connectivity index (χ1n) is 6.50. The van der Waals surface area contributed by atoms with E-state index in [0.29, 0.717) is 11.6 Å². The second-order valence-corrected chi connectivity index (χ2v) is 7.13. The van der Waals surface area contributed by atoms with Gasteiger partial charge in [-0.2, -0.15) is 0 Å². The summed E-state index contributed by atoms with van der Waals surface area (Å²) in [5.74, 6) is -0.531. The minimum atomic E-state index is -0.484. The highest BCUT2D eigenvalue weighted by atomic mass is 35.5. The minimum absolute atomic E-state index is 0.0749. The molecule has 1 unspecified atom stereocenters. The smallest absolute Gasteiger partial charge is 0.315 e. The summed E-state index contributed by atoms with van der Waals surface area (Å²) in [7, 11) is 0. The molecule has 19 heavy (non-hydrogen) atoms. The second kappa shape index (κ2) is 4.48. The average Bonchev–Trinajstić information content (AvgIpc) is 2.48. The number of aromatic nitrogens is 1. The molecule has 1 aromatic heterocycles. The lowest BCUT2D eigenvalue weighted by molar-refractivity contribution is -0.157. The van der Waals surface area contributed by atoms with Gasteiger partial charge in [0.05, 0.1) is 5.69 Å². The monoisotopic (exact) mass is 281 g/mol. The SMILES string of the molecule is CC(C)(C)OC(=O)C1CC(C)(C)c2ccc(Cl)nc21. The summed E-state index contributed by atoms with van der Waals surface area (Å²) in [6, 6.07) is 3.74. The summed E-state index contributed by atoms with van der Waals surface area (Å²) in [5.41, 5.74) is 1.30. The van der Waals surface area contributed by atoms with Crippen LogP contribution < -0.4 is 0 Å². The lowest BCUT2D eigenvalue weighted by Crippen LogP contribution is -2.28. The molecule has 0 saturated heterocycles. The summed E-state index contributed by atoms with van der Waals surface area (Å²) in [6.07, 6.45) is 0.713. The maximum absolute atomic E-state index is 12.3. The zero-order chi connectivity index (χ0) is 14.4. The first-order chi connectivity index (χ1) is 8.60. The van der Waals surface area contributed by atoms with Crippen LogP contribution in [0, 0.1) is 0 Å². The van der Waals surface area contributed by atoms with Crippen molar-refractivity contribution in [3.05, 3.63) is 28.5 Å². The molecule has 1 aromatic rings. The predicted molar refractivity (Wildman–Crippen MR) is 75.5 cm³/mol. The number of carbonyl (C=O) groups excluding carboxylic acids is 1. The van der Waals surface area contributed by atoms with Gasteiger partial charge in [-0.05, 0) is 44.2 Å². The quantitative estimate of drug-likeness (QED) is 0.580. The third-order valence-corrected chi connectivity index (χ3v) is 3.57. The molecule has 0 saturated carbocycles. The number of esters is 1. The van der Waals surface area contributed by atoms with Gasteiger partial charge in [0.1, 0.15) is 16.7 Å². The van der Waals surface area contributed by atoms with Crippen LogP contribution in [0.5, 0.6) is 0 Å². The van der Waals surface area contributed by atoms with Gasteiger partial charge in [-0.25, -0.2) is 4.98 Å². The Morgan fingerprint density at radius 3 is 2.63 bits per heavy atom. The van der Waals surface area contributed by atoms with E-state index in [1.54, 1.807) is 6.07 Å². The van der Waals surface area contributed by atoms with E-state index in [0.717, 1.165) is 11.3 Å². The van der Waals surface area contributed by atoms with E-state index in [1.807, 2.05) is 26.8 Å². The highest BCUT2D eigenvalue weighted by molar-refractivity contribution is 6.29. The van der Waals surface area contributed by atoms with Gasteiger partial charge in [-0.3, -0.25) is 4.79 Å². The Bertz CT molecular complexity index is 517. The standard InChI is InChI=1S/C15H20ClNO2/c1-14(2,3)19-13(18)9-8-15(4,5)10-6-7-11(16)17-12(9)10/h6-7,9H,8H2,1-5H3. The van der Waals surface area contributed by atoms with Crippen molar-refractivity contribution in [2.45, 2.75) is 58.0 Å². The fraction of sp³-hybridized carbons (Fsp3) is 0.600. The Morgan fingerprint density at radius 1 is 1.42 bits per heavy atom. The van der Waals surface area contributed by atoms with Crippen LogP contribution in [0.2, 0.25) is 5.15 Å². The van der Waals surface area contributed by atoms with E-state index in [4.69, 9.17) is 16.3 Å². The maximum atomic E-state index is 12.3. The third kappa shape index (κ3) is 2.92. The van der Waals surface area contributed by atoms with Gasteiger partial charge in [0.25, 0.3) is 0 Å². The van der Waals surface area contributed by atoms with Gasteiger partial charge < -0.3 is 4.74 Å². The van der Waals surface area contributed by atoms with Crippen molar-refractivity contribution in [3.8, 4) is 0 Å². The zero-order valence-corrected chi connectivity index (χ0v) is 12.8. The van der Waals surface area contributed by atoms with Crippen LogP contribution >= 0.6 is 11.6 Å². The molecule has 1 heterocycles. The molecule has 104 valence electrons. The van der Waals surface area contributed by atoms with Crippen molar-refractivity contribution in [2.75, 3.05) is 0 Å². The molecule has 0 N–H and O–H groups in total. The fourth-order valence-electron chi connectivity index (χ4n) is 2.57. The molecule has 0 fully saturated rings. The van der Waals surface area contributed by atoms with Crippen LogP contribution in [0.1, 0.15) is 58.2 Å². The number of nitrogens with zero attached hydrogens (tertiary/aromatic N) is 1. The molecular weight excluding hydrogens is 262 g/mol. The Labute approximate surface area is 119 Å². The molecule has 0 aliphatic heterocycles. The molecule has 0 amide bonds. The van der Waals surface area contributed by atoms with Gasteiger partial charge in [0, 0.05) is 0 Å². The first kappa shape index (κ1) is 14.3. The molecule has 1 aliphatic rings. The van der Waals surface area contributed by atoms with Gasteiger partial charge in [-0.1, -0.05) is 31.5 Å². The molecule has 2 rings (SSSR count). The molecule has 4 heteroatoms. The summed E-state index contributed by atoms with van der Waals surface area (Å²) in [6.45, 7) is 9.85. The largest absolute Gasteiger partial charge is 0.459 e. The minimum Gasteiger partial charge on any atom is -0.459 e. The van der Waals surface area contributed by atoms with Gasteiger partial charge in [-0.15, -0.1) is 0 Å². The van der Waals surface area contributed by atoms with Crippen LogP contribution in [0.3, 0.4) is 0 Å². The van der Waals surface area contributed by atoms with Crippen molar-refractivity contribution in [1.82, 2.24) is 4.98 Å². The summed E-state index contributed by atoms with van der Waals surface area (Å²) >= 11 is 5.96. The second-order valence-electron chi connectivity index (χ2n) is 6.74. The molecule has 1 atom stereocenters. The molecule has 3 nitrogen and oxygen atoms in total. The number of halogens is 1. The fourth-order valence-corrected chi connectivity index (χ4v) is 2.73. The van der Waals surface area contributed by atoms with Crippen LogP contribution in [-0.2, 0) is 14.9 Å². The predicted octanol–water partition coefficient (Wildman–Crippen LogP) is 3.84. The maximum Gasteiger partial charge on any atom is 0.315 e. The van der Waals surface area contributed by atoms with Gasteiger partial charge >= 0.3 is 5.97 Å². The molecular formula is C15H20ClNO2. The van der Waals surface area contributed by atoms with Gasteiger partial charge in [0.2, 0.25) is 0 Å². The van der Waals surface area contributed by atoms with Crippen molar-refractivity contribution in [1.29, 1.82) is 0 Å². The Hall–Kier alpha value is -1.09. The van der Waals surface area contributed by atoms with Crippen LogP contribution in [0.25, 0.3) is 0 Å². The normalized spacial score (nSPS) is 21.1. The van der Waals surface area contributed by atoms with Crippen molar-refractivity contribution >= 4 is 17.6 Å². The molecule has 0 radical (unpaired) electrons. The lowest BCUT2D eigenvalue weighted by atomic mass is 9.86. The van der Waals surface area contributed by atoms with E-state index in [1.165, 1.54) is 0 Å². The zero-order valence-electron chi connectivity index (χ0n) is 12.1. The number of carbonyl (C=O) groups is 1. The Morgan fingerprint density at radius 2 is 2.05 bits per heavy atom. The Balaban J connectivity index is 2.36. The molecule has 0 aromatic carbocycles. The Kier molecular flexibility index (Phi) is 3.38. The third-order valence-electron chi connectivity index (χ3n) is 3.36. The van der Waals surface area contributed by atoms with E-state index < -0.39 is 5.60 Å². The van der Waals surface area contributed by atoms with E-state index in [-0.39, 0.29) is 17.3 Å². The van der Waals surface area contributed by atoms with Crippen LogP contribution in [0.15, 0.2) is 12.1 Å². The summed E-state index contributed by atoms with van der Waals surface area (Å²) < 4.78 is 5.49. The molecule has 0 bridgehead atoms. The van der Waals surface area contributed by atoms with E-state index in [2.05, 4.69) is 18.8 Å². The van der Waals surface area contributed by atoms with Gasteiger partial charge in [0.15, 0.2) is 0 Å². The topological polar surface area (TPSA) is 39.2 Å². The summed E-state index contributed by atoms with van der Waals surface area (Å²) in [5, 5.41) is 0.421. The molecule has 1 aliphatic carbocycles. The number of ether oxygens (including phenoxy) is 1. The van der Waals surface area contributed by atoms with Crippen LogP contribution in [-0.4, -0.2) is 16.6 Å². The summed E-state index contributed by atoms with van der Waals surface area (Å²) in [4.78, 5) is 16.7. The van der Waals surface area contributed by atoms with Crippen molar-refractivity contribution < 1.29 is 9.53 Å². The average molecular weight is 282 g/mol. The number of hydrogen-bond acceptors (Lipinski definition) is 3. The molecule has 0 spiro atoms. The number of fused-ring (bicyclic) bond motifs is 1. The number of hydrogen-bond donors (Lipinski definition) is 0. The van der Waals surface area contributed by atoms with Crippen LogP contribution in [0.4, 0.5) is 0 Å². The number of pyridine rings is 1. The number of rotatable bonds is 1.